The number of aliphatic hydroxyl groups is 1. The molecule has 1 N–H and O–H groups in total. The van der Waals surface area contributed by atoms with E-state index in [1.165, 1.54) is 0 Å². The molecule has 0 amide bonds. The minimum Gasteiger partial charge on any atom is -0.523 e. The van der Waals surface area contributed by atoms with Crippen molar-refractivity contribution >= 4 is 23.1 Å². The van der Waals surface area contributed by atoms with Gasteiger partial charge in [-0.1, -0.05) is 103 Å². The first-order valence-corrected chi connectivity index (χ1v) is 24.7. The normalized spacial score (nSPS) is 36.4. The second-order valence-electron chi connectivity index (χ2n) is 24.1. The first-order valence-electron chi connectivity index (χ1n) is 25.7. The van der Waals surface area contributed by atoms with Crippen molar-refractivity contribution in [2.75, 3.05) is 0 Å². The summed E-state index contributed by atoms with van der Waals surface area (Å²) >= 11 is 0. The van der Waals surface area contributed by atoms with Crippen LogP contribution in [0.5, 0.6) is 0 Å². The highest BCUT2D eigenvalue weighted by Gasteiger charge is 2.63. The van der Waals surface area contributed by atoms with Crippen LogP contribution in [0.15, 0.2) is 68.9 Å². The molecule has 0 radical (unpaired) electrons. The average Bonchev–Trinajstić information content (AvgIpc) is 3.82. The highest BCUT2D eigenvalue weighted by atomic mass is 16.5. The van der Waals surface area contributed by atoms with E-state index < -0.39 is 37.9 Å². The molecule has 1 aromatic heterocycles. The fraction of sp³-hybridized carbons (Fsp3) is 0.639. The summed E-state index contributed by atoms with van der Waals surface area (Å²) in [6.07, 6.45) is 17.8. The van der Waals surface area contributed by atoms with Crippen LogP contribution in [0.4, 0.5) is 0 Å². The van der Waals surface area contributed by atoms with Gasteiger partial charge in [-0.05, 0) is 134 Å². The van der Waals surface area contributed by atoms with Crippen LogP contribution in [0.3, 0.4) is 0 Å². The van der Waals surface area contributed by atoms with Crippen LogP contribution in [-0.4, -0.2) is 33.4 Å². The summed E-state index contributed by atoms with van der Waals surface area (Å²) in [4.78, 5) is 55.8. The second-order valence-corrected chi connectivity index (χ2v) is 24.1. The van der Waals surface area contributed by atoms with Crippen LogP contribution in [0, 0.1) is 108 Å². The monoisotopic (exact) mass is 997 g/mol. The van der Waals surface area contributed by atoms with E-state index in [9.17, 15) is 40.1 Å². The molecule has 3 saturated carbocycles. The highest BCUT2D eigenvalue weighted by Crippen LogP contribution is 2.68. The number of aliphatic hydroxyl groups excluding tert-OH is 1. The minimum absolute atomic E-state index is 0. The summed E-state index contributed by atoms with van der Waals surface area (Å²) in [5.74, 6) is 1.81. The lowest BCUT2D eigenvalue weighted by Gasteiger charge is -2.58. The van der Waals surface area contributed by atoms with Crippen molar-refractivity contribution < 1.29 is 31.8 Å². The average molecular weight is 997 g/mol. The summed E-state index contributed by atoms with van der Waals surface area (Å²) in [6, 6.07) is 7.53. The zero-order valence-corrected chi connectivity index (χ0v) is 41.7. The van der Waals surface area contributed by atoms with Gasteiger partial charge in [-0.15, -0.1) is 0 Å². The van der Waals surface area contributed by atoms with Crippen LogP contribution >= 0.6 is 0 Å². The zero-order valence-electron chi connectivity index (χ0n) is 43.7. The fourth-order valence-electron chi connectivity index (χ4n) is 16.1. The smallest absolute Gasteiger partial charge is 0.226 e. The third kappa shape index (κ3) is 8.48. The number of allylic oxidation sites excluding steroid dienone is 10. The molecule has 73 heavy (non-hydrogen) atoms. The Bertz CT molecular complexity index is 2880. The van der Waals surface area contributed by atoms with Gasteiger partial charge >= 0.3 is 0 Å². The van der Waals surface area contributed by atoms with Crippen LogP contribution in [-0.2, 0) is 31.0 Å². The standard InChI is InChI=1S/2C19H22N2O2.C19H20N2O2.4CH4.H2/c1-17(2)14-5-7-19(11-20)6-4-13(22)8-15(19)18(14,3)9-12-10-21-23-16(12)17;2*1-17(2)14-6-8-19(11-20)7-5-12(22)9-15(19)18(14,3)10-13(21-4)16(17)23;;;;;/h8,10,14H,4-7,9H2,1-3H3;9,14,23H,5-8,10H2,1-3H3;9-10,14H,5-8H2,1-3H3;4*1H4;1H/t3*14-,18-,19+;;;;;/m000...../s1/i;;;;;;;1+1D. The van der Waals surface area contributed by atoms with Crippen molar-refractivity contribution in [3.05, 3.63) is 98.5 Å². The Morgan fingerprint density at radius 2 is 1.05 bits per heavy atom. The Labute approximate surface area is 439 Å². The molecule has 12 heteroatoms. The summed E-state index contributed by atoms with van der Waals surface area (Å²) in [6.45, 7) is 33.2. The van der Waals surface area contributed by atoms with Crippen molar-refractivity contribution in [1.29, 1.82) is 15.8 Å². The lowest BCUT2D eigenvalue weighted by Crippen LogP contribution is -2.54. The maximum atomic E-state index is 12.6. The number of hydrogen-bond donors (Lipinski definition) is 1. The van der Waals surface area contributed by atoms with E-state index in [4.69, 9.17) is 20.6 Å². The molecule has 12 nitrogen and oxygen atoms in total. The van der Waals surface area contributed by atoms with E-state index in [2.05, 4.69) is 60.7 Å². The summed E-state index contributed by atoms with van der Waals surface area (Å²) in [5.41, 5.74) is 0.294. The molecule has 9 aliphatic carbocycles. The lowest BCUT2D eigenvalue weighted by atomic mass is 9.44. The number of aromatic nitrogens is 1. The van der Waals surface area contributed by atoms with E-state index in [1.807, 2.05) is 40.8 Å². The van der Waals surface area contributed by atoms with Gasteiger partial charge in [0, 0.05) is 49.5 Å². The maximum absolute atomic E-state index is 12.6. The predicted octanol–water partition coefficient (Wildman–Crippen LogP) is 14.4. The van der Waals surface area contributed by atoms with E-state index in [1.54, 1.807) is 24.3 Å². The van der Waals surface area contributed by atoms with Crippen molar-refractivity contribution in [3.63, 3.8) is 0 Å². The van der Waals surface area contributed by atoms with Crippen LogP contribution in [0.1, 0.15) is 190 Å². The third-order valence-corrected chi connectivity index (χ3v) is 19.5. The van der Waals surface area contributed by atoms with Crippen molar-refractivity contribution in [1.82, 2.24) is 5.16 Å². The topological polar surface area (TPSA) is 195 Å². The molecule has 10 rings (SSSR count). The van der Waals surface area contributed by atoms with Gasteiger partial charge in [-0.3, -0.25) is 14.4 Å². The molecule has 0 spiro atoms. The first-order chi connectivity index (χ1) is 33.3. The number of ketones is 4. The zero-order chi connectivity index (χ0) is 52.5. The number of carbonyl (C=O) groups is 4. The maximum Gasteiger partial charge on any atom is 0.226 e. The number of hydrogen-bond acceptors (Lipinski definition) is 10. The molecule has 0 bridgehead atoms. The molecule has 0 aromatic carbocycles. The van der Waals surface area contributed by atoms with Gasteiger partial charge in [0.2, 0.25) is 11.4 Å². The first kappa shape index (κ1) is 57.7. The summed E-state index contributed by atoms with van der Waals surface area (Å²) in [7, 11) is 0. The molecule has 0 unspecified atom stereocenters. The van der Waals surface area contributed by atoms with E-state index in [-0.39, 0.29) is 87.0 Å². The number of nitrogens with zero attached hydrogens (tertiary/aromatic N) is 6. The molecule has 9 aliphatic rings. The van der Waals surface area contributed by atoms with E-state index >= 15 is 0 Å². The molecule has 0 aliphatic heterocycles. The van der Waals surface area contributed by atoms with Gasteiger partial charge in [0.25, 0.3) is 0 Å². The van der Waals surface area contributed by atoms with Gasteiger partial charge < -0.3 is 14.4 Å². The molecule has 0 saturated heterocycles. The second kappa shape index (κ2) is 19.6. The fourth-order valence-corrected chi connectivity index (χ4v) is 16.1. The SMILES string of the molecule is C.C.C.C.CC1(C)c2oncc2C[C@]2(C)C3=CC(=O)CC[C@]3(C#N)CC[C@@H]12.[2H][2H].[C-]#[N+]C1=C(O)C(C)(C)[C@@H]2CC[C@@]3(C#N)CCC(=O)C=C3[C@@]2(C)C1.[C-]#[N+]C1=C[C@]2(C)C3=CC(=O)CC[C@]3(C#N)CC[C@H]2C(C)(C)C1=O. The van der Waals surface area contributed by atoms with Crippen LogP contribution < -0.4 is 0 Å². The molecule has 3 fully saturated rings. The molecular weight excluding hydrogens is 913 g/mol. The largest absolute Gasteiger partial charge is 0.523 e. The molecule has 1 aromatic rings. The van der Waals surface area contributed by atoms with Gasteiger partial charge in [0.05, 0.1) is 53.8 Å². The Kier molecular flexibility index (Phi) is 15.5. The lowest BCUT2D eigenvalue weighted by molar-refractivity contribution is -0.130. The number of nitriles is 3. The minimum atomic E-state index is -0.660. The number of carbonyl (C=O) groups excluding carboxylic acids is 4. The van der Waals surface area contributed by atoms with Gasteiger partial charge in [-0.2, -0.15) is 15.8 Å². The Hall–Kier alpha value is -6.16. The van der Waals surface area contributed by atoms with E-state index in [0.717, 1.165) is 66.6 Å². The van der Waals surface area contributed by atoms with Gasteiger partial charge in [0.15, 0.2) is 23.1 Å². The number of rotatable bonds is 0. The molecule has 392 valence electrons. The summed E-state index contributed by atoms with van der Waals surface area (Å²) in [5, 5.41) is 44.1. The van der Waals surface area contributed by atoms with Crippen LogP contribution in [0.2, 0.25) is 0 Å². The van der Waals surface area contributed by atoms with Crippen molar-refractivity contribution in [2.24, 2.45) is 61.1 Å². The third-order valence-electron chi connectivity index (χ3n) is 19.5. The Morgan fingerprint density at radius 1 is 0.630 bits per heavy atom. The van der Waals surface area contributed by atoms with Crippen molar-refractivity contribution in [3.8, 4) is 18.2 Å². The predicted molar refractivity (Wildman–Crippen MR) is 284 cm³/mol. The Balaban J connectivity index is 0.000000284. The number of fused-ring (bicyclic) bond motifs is 10. The Morgan fingerprint density at radius 3 is 1.51 bits per heavy atom. The van der Waals surface area contributed by atoms with E-state index in [0.29, 0.717) is 63.0 Å². The molecular formula is C61H82N6O6. The van der Waals surface area contributed by atoms with Gasteiger partial charge in [-0.25, -0.2) is 9.69 Å². The molecule has 9 atom stereocenters. The highest BCUT2D eigenvalue weighted by molar-refractivity contribution is 6.03. The number of Topliss-reactive ketones (excluding diaryl/α,β-unsaturated/α-hetero) is 1. The van der Waals surface area contributed by atoms with Crippen molar-refractivity contribution in [2.45, 2.75) is 187 Å². The van der Waals surface area contributed by atoms with Crippen LogP contribution in [0.25, 0.3) is 9.69 Å². The summed E-state index contributed by atoms with van der Waals surface area (Å²) < 4.78 is 15.6. The van der Waals surface area contributed by atoms with Gasteiger partial charge in [0.1, 0.15) is 11.5 Å². The quantitative estimate of drug-likeness (QED) is 0.244. The molecule has 1 heterocycles.